The fourth-order valence-electron chi connectivity index (χ4n) is 3.44. The number of carbonyl (C=O) groups excluding carboxylic acids is 1. The molecule has 0 radical (unpaired) electrons. The number of hydrogen-bond donors (Lipinski definition) is 2. The fourth-order valence-corrected chi connectivity index (χ4v) is 4.42. The van der Waals surface area contributed by atoms with Crippen molar-refractivity contribution in [3.63, 3.8) is 0 Å². The van der Waals surface area contributed by atoms with E-state index in [-0.39, 0.29) is 13.0 Å². The normalized spacial score (nSPS) is 11.9. The van der Waals surface area contributed by atoms with Crippen LogP contribution in [0.4, 0.5) is 0 Å². The number of halogens is 1. The highest BCUT2D eigenvalue weighted by Gasteiger charge is 2.20. The van der Waals surface area contributed by atoms with Gasteiger partial charge in [0.15, 0.2) is 0 Å². The highest BCUT2D eigenvalue weighted by atomic mass is 35.5. The van der Waals surface area contributed by atoms with E-state index in [0.29, 0.717) is 22.7 Å². The van der Waals surface area contributed by atoms with Crippen LogP contribution in [0.25, 0.3) is 16.7 Å². The van der Waals surface area contributed by atoms with Gasteiger partial charge in [-0.15, -0.1) is 0 Å². The van der Waals surface area contributed by atoms with Gasteiger partial charge in [0.1, 0.15) is 5.82 Å². The van der Waals surface area contributed by atoms with Crippen LogP contribution < -0.4 is 9.44 Å². The molecule has 1 aromatic carbocycles. The number of nitrogens with one attached hydrogen (secondary N) is 2. The van der Waals surface area contributed by atoms with Crippen molar-refractivity contribution < 1.29 is 13.2 Å². The summed E-state index contributed by atoms with van der Waals surface area (Å²) in [5.41, 5.74) is 2.34. The van der Waals surface area contributed by atoms with Crippen molar-refractivity contribution >= 4 is 38.6 Å². The van der Waals surface area contributed by atoms with Gasteiger partial charge in [0.2, 0.25) is 5.91 Å². The Bertz CT molecular complexity index is 1170. The molecule has 0 aliphatic heterocycles. The van der Waals surface area contributed by atoms with Gasteiger partial charge in [0, 0.05) is 42.2 Å². The van der Waals surface area contributed by atoms with Gasteiger partial charge in [0.25, 0.3) is 0 Å². The molecule has 8 nitrogen and oxygen atoms in total. The van der Waals surface area contributed by atoms with E-state index in [0.717, 1.165) is 29.6 Å². The molecule has 0 spiro atoms. The molecule has 0 aliphatic carbocycles. The Hall–Kier alpha value is -2.36. The van der Waals surface area contributed by atoms with Gasteiger partial charge in [-0.05, 0) is 37.6 Å². The van der Waals surface area contributed by atoms with Crippen LogP contribution in [0, 0.1) is 6.92 Å². The standard InChI is InChI=1S/C20H26ClN5O3S/c1-4-5-6-7-19(27)24-30(28,29)22-13-17-14(2)23-25(3)20(17)26-11-10-15-12-16(21)8-9-18(15)26/h8-12,22H,4-7,13H2,1-3H3,(H,24,27). The zero-order valence-electron chi connectivity index (χ0n) is 17.3. The van der Waals surface area contributed by atoms with Gasteiger partial charge >= 0.3 is 10.2 Å². The van der Waals surface area contributed by atoms with Crippen LogP contribution in [0.15, 0.2) is 30.5 Å². The van der Waals surface area contributed by atoms with Crippen molar-refractivity contribution in [3.05, 3.63) is 46.7 Å². The lowest BCUT2D eigenvalue weighted by atomic mass is 10.2. The van der Waals surface area contributed by atoms with E-state index in [1.807, 2.05) is 42.8 Å². The predicted octanol–water partition coefficient (Wildman–Crippen LogP) is 3.36. The highest BCUT2D eigenvalue weighted by Crippen LogP contribution is 2.26. The van der Waals surface area contributed by atoms with Crippen molar-refractivity contribution in [1.82, 2.24) is 23.8 Å². The Morgan fingerprint density at radius 1 is 1.23 bits per heavy atom. The summed E-state index contributed by atoms with van der Waals surface area (Å²) in [5, 5.41) is 6.06. The summed E-state index contributed by atoms with van der Waals surface area (Å²) < 4.78 is 32.8. The number of benzene rings is 1. The maximum absolute atomic E-state index is 12.3. The maximum atomic E-state index is 12.3. The van der Waals surface area contributed by atoms with Crippen molar-refractivity contribution in [3.8, 4) is 5.82 Å². The van der Waals surface area contributed by atoms with E-state index in [9.17, 15) is 13.2 Å². The number of aryl methyl sites for hydroxylation is 2. The van der Waals surface area contributed by atoms with Crippen molar-refractivity contribution in [2.45, 2.75) is 46.1 Å². The molecule has 0 aliphatic rings. The van der Waals surface area contributed by atoms with E-state index < -0.39 is 16.1 Å². The number of unbranched alkanes of at least 4 members (excludes halogenated alkanes) is 2. The van der Waals surface area contributed by atoms with E-state index in [4.69, 9.17) is 11.6 Å². The second kappa shape index (κ2) is 9.20. The van der Waals surface area contributed by atoms with Crippen LogP contribution in [-0.4, -0.2) is 28.7 Å². The van der Waals surface area contributed by atoms with Gasteiger partial charge in [-0.25, -0.2) is 4.72 Å². The molecule has 0 bridgehead atoms. The summed E-state index contributed by atoms with van der Waals surface area (Å²) in [6.45, 7) is 3.84. The highest BCUT2D eigenvalue weighted by molar-refractivity contribution is 7.88. The molecule has 2 N–H and O–H groups in total. The minimum atomic E-state index is -3.97. The second-order valence-electron chi connectivity index (χ2n) is 7.21. The molecular weight excluding hydrogens is 426 g/mol. The van der Waals surface area contributed by atoms with Gasteiger partial charge in [-0.2, -0.15) is 18.2 Å². The molecule has 2 aromatic heterocycles. The first-order valence-electron chi connectivity index (χ1n) is 9.81. The average molecular weight is 452 g/mol. The van der Waals surface area contributed by atoms with Crippen LogP contribution >= 0.6 is 11.6 Å². The van der Waals surface area contributed by atoms with Crippen LogP contribution in [0.3, 0.4) is 0 Å². The van der Waals surface area contributed by atoms with Gasteiger partial charge in [-0.3, -0.25) is 9.48 Å². The van der Waals surface area contributed by atoms with Crippen LogP contribution in [0.1, 0.15) is 43.9 Å². The van der Waals surface area contributed by atoms with Gasteiger partial charge in [-0.1, -0.05) is 31.4 Å². The van der Waals surface area contributed by atoms with E-state index >= 15 is 0 Å². The Morgan fingerprint density at radius 3 is 2.73 bits per heavy atom. The minimum Gasteiger partial charge on any atom is -0.301 e. The summed E-state index contributed by atoms with van der Waals surface area (Å²) in [4.78, 5) is 11.9. The number of aromatic nitrogens is 3. The van der Waals surface area contributed by atoms with E-state index in [1.165, 1.54) is 0 Å². The Morgan fingerprint density at radius 2 is 2.00 bits per heavy atom. The van der Waals surface area contributed by atoms with Crippen molar-refractivity contribution in [2.24, 2.45) is 7.05 Å². The number of nitrogens with zero attached hydrogens (tertiary/aromatic N) is 3. The summed E-state index contributed by atoms with van der Waals surface area (Å²) in [6.07, 6.45) is 4.58. The molecule has 0 unspecified atom stereocenters. The van der Waals surface area contributed by atoms with E-state index in [1.54, 1.807) is 17.8 Å². The lowest BCUT2D eigenvalue weighted by Gasteiger charge is -2.12. The third-order valence-electron chi connectivity index (χ3n) is 4.89. The Labute approximate surface area is 181 Å². The Kier molecular flexibility index (Phi) is 6.84. The number of fused-ring (bicyclic) bond motifs is 1. The van der Waals surface area contributed by atoms with E-state index in [2.05, 4.69) is 14.5 Å². The molecule has 162 valence electrons. The molecule has 1 amide bonds. The average Bonchev–Trinajstić information content (AvgIpc) is 3.18. The first-order valence-corrected chi connectivity index (χ1v) is 11.7. The minimum absolute atomic E-state index is 0.000156. The number of carbonyl (C=O) groups is 1. The molecule has 0 atom stereocenters. The molecule has 2 heterocycles. The smallest absolute Gasteiger partial charge is 0.301 e. The maximum Gasteiger partial charge on any atom is 0.301 e. The monoisotopic (exact) mass is 451 g/mol. The van der Waals surface area contributed by atoms with Crippen LogP contribution in [-0.2, 0) is 28.6 Å². The zero-order valence-corrected chi connectivity index (χ0v) is 18.8. The predicted molar refractivity (Wildman–Crippen MR) is 118 cm³/mol. The summed E-state index contributed by atoms with van der Waals surface area (Å²) in [5.74, 6) is 0.231. The van der Waals surface area contributed by atoms with Crippen LogP contribution in [0.2, 0.25) is 5.02 Å². The molecule has 3 rings (SSSR count). The molecule has 0 saturated heterocycles. The third kappa shape index (κ3) is 5.03. The molecule has 10 heteroatoms. The molecule has 3 aromatic rings. The number of rotatable bonds is 9. The largest absolute Gasteiger partial charge is 0.301 e. The molecular formula is C20H26ClN5O3S. The molecule has 0 saturated carbocycles. The summed E-state index contributed by atoms with van der Waals surface area (Å²) >= 11 is 6.08. The van der Waals surface area contributed by atoms with Gasteiger partial charge < -0.3 is 4.57 Å². The van der Waals surface area contributed by atoms with Gasteiger partial charge in [0.05, 0.1) is 11.2 Å². The number of hydrogen-bond acceptors (Lipinski definition) is 4. The first kappa shape index (κ1) is 22.3. The lowest BCUT2D eigenvalue weighted by molar-refractivity contribution is -0.119. The summed E-state index contributed by atoms with van der Waals surface area (Å²) in [6, 6.07) is 7.52. The van der Waals surface area contributed by atoms with Crippen LogP contribution in [0.5, 0.6) is 0 Å². The van der Waals surface area contributed by atoms with Crippen molar-refractivity contribution in [2.75, 3.05) is 0 Å². The topological polar surface area (TPSA) is 98.0 Å². The zero-order chi connectivity index (χ0) is 21.9. The third-order valence-corrected chi connectivity index (χ3v) is 6.14. The quantitative estimate of drug-likeness (QED) is 0.487. The Balaban J connectivity index is 1.81. The van der Waals surface area contributed by atoms with Crippen molar-refractivity contribution in [1.29, 1.82) is 0 Å². The number of amides is 1. The summed E-state index contributed by atoms with van der Waals surface area (Å²) in [7, 11) is -2.17. The fraction of sp³-hybridized carbons (Fsp3) is 0.400. The second-order valence-corrected chi connectivity index (χ2v) is 9.14. The first-order chi connectivity index (χ1) is 14.2. The molecule has 30 heavy (non-hydrogen) atoms. The lowest BCUT2D eigenvalue weighted by Crippen LogP contribution is -2.40. The SMILES string of the molecule is CCCCCC(=O)NS(=O)(=O)NCc1c(C)nn(C)c1-n1ccc2cc(Cl)ccc21. The molecule has 0 fully saturated rings.